The van der Waals surface area contributed by atoms with Crippen molar-refractivity contribution in [2.75, 3.05) is 16.8 Å². The van der Waals surface area contributed by atoms with E-state index in [1.807, 2.05) is 39.0 Å². The largest absolute Gasteiger partial charge is 0.464 e. The second-order valence-corrected chi connectivity index (χ2v) is 6.03. The number of hydrogen-bond acceptors (Lipinski definition) is 4. The summed E-state index contributed by atoms with van der Waals surface area (Å²) in [5.41, 5.74) is 2.74. The summed E-state index contributed by atoms with van der Waals surface area (Å²) < 4.78 is 5.30. The van der Waals surface area contributed by atoms with Gasteiger partial charge in [0.1, 0.15) is 12.1 Å². The maximum atomic E-state index is 12.7. The number of anilines is 2. The molecule has 0 saturated carbocycles. The molecular weight excluding hydrogens is 292 g/mol. The number of nitrogens with one attached hydrogen (secondary N) is 1. The van der Waals surface area contributed by atoms with Crippen molar-refractivity contribution in [1.82, 2.24) is 0 Å². The molecule has 1 aliphatic rings. The Hall–Kier alpha value is -2.04. The highest BCUT2D eigenvalue weighted by atomic mass is 16.5. The van der Waals surface area contributed by atoms with Gasteiger partial charge in [-0.3, -0.25) is 9.69 Å². The third kappa shape index (κ3) is 3.66. The fourth-order valence-corrected chi connectivity index (χ4v) is 2.73. The minimum absolute atomic E-state index is 0.0798. The smallest absolute Gasteiger partial charge is 0.328 e. The molecule has 1 N–H and O–H groups in total. The van der Waals surface area contributed by atoms with Gasteiger partial charge in [-0.25, -0.2) is 4.79 Å². The van der Waals surface area contributed by atoms with E-state index in [2.05, 4.69) is 5.32 Å². The van der Waals surface area contributed by atoms with Crippen LogP contribution < -0.4 is 10.2 Å². The van der Waals surface area contributed by atoms with E-state index in [1.165, 1.54) is 0 Å². The highest BCUT2D eigenvalue weighted by molar-refractivity contribution is 6.08. The van der Waals surface area contributed by atoms with Crippen LogP contribution in [0.2, 0.25) is 0 Å². The number of ether oxygens (including phenoxy) is 1. The first-order valence-electron chi connectivity index (χ1n) is 8.36. The number of carbonyl (C=O) groups excluding carboxylic acids is 2. The minimum atomic E-state index is -0.628. The molecule has 5 nitrogen and oxygen atoms in total. The van der Waals surface area contributed by atoms with Crippen molar-refractivity contribution < 1.29 is 14.3 Å². The van der Waals surface area contributed by atoms with E-state index in [0.717, 1.165) is 29.8 Å². The zero-order valence-electron chi connectivity index (χ0n) is 14.4. The van der Waals surface area contributed by atoms with Crippen molar-refractivity contribution in [3.05, 3.63) is 23.8 Å². The Morgan fingerprint density at radius 1 is 1.39 bits per heavy atom. The zero-order chi connectivity index (χ0) is 17.0. The Morgan fingerprint density at radius 2 is 2.13 bits per heavy atom. The number of hydrogen-bond donors (Lipinski definition) is 1. The van der Waals surface area contributed by atoms with E-state index < -0.39 is 6.04 Å². The summed E-state index contributed by atoms with van der Waals surface area (Å²) in [5.74, 6) is -0.432. The SMILES string of the molecule is CCCCOC(=O)C(C)N1C(=O)C(CC)Nc2cc(C)ccc21. The van der Waals surface area contributed by atoms with Crippen LogP contribution in [-0.2, 0) is 14.3 Å². The van der Waals surface area contributed by atoms with Gasteiger partial charge in [0, 0.05) is 0 Å². The molecule has 2 unspecified atom stereocenters. The fraction of sp³-hybridized carbons (Fsp3) is 0.556. The summed E-state index contributed by atoms with van der Waals surface area (Å²) in [5, 5.41) is 3.27. The van der Waals surface area contributed by atoms with Crippen LogP contribution in [0.4, 0.5) is 11.4 Å². The molecule has 126 valence electrons. The Bertz CT molecular complexity index is 586. The number of carbonyl (C=O) groups is 2. The number of nitrogens with zero attached hydrogens (tertiary/aromatic N) is 1. The van der Waals surface area contributed by atoms with Crippen LogP contribution in [0.25, 0.3) is 0 Å². The van der Waals surface area contributed by atoms with Crippen LogP contribution in [0.3, 0.4) is 0 Å². The average Bonchev–Trinajstić information content (AvgIpc) is 2.54. The molecule has 23 heavy (non-hydrogen) atoms. The van der Waals surface area contributed by atoms with Gasteiger partial charge in [0.25, 0.3) is 0 Å². The van der Waals surface area contributed by atoms with Crippen LogP contribution in [0.1, 0.15) is 45.6 Å². The molecule has 0 saturated heterocycles. The Balaban J connectivity index is 2.28. The second-order valence-electron chi connectivity index (χ2n) is 6.03. The molecule has 1 aromatic carbocycles. The van der Waals surface area contributed by atoms with Crippen molar-refractivity contribution >= 4 is 23.3 Å². The Labute approximate surface area is 138 Å². The lowest BCUT2D eigenvalue weighted by molar-refractivity contribution is -0.146. The van der Waals surface area contributed by atoms with Gasteiger partial charge < -0.3 is 10.1 Å². The van der Waals surface area contributed by atoms with Gasteiger partial charge in [-0.05, 0) is 44.4 Å². The molecule has 0 spiro atoms. The third-order valence-corrected chi connectivity index (χ3v) is 4.16. The molecule has 1 amide bonds. The van der Waals surface area contributed by atoms with Crippen LogP contribution in [0.15, 0.2) is 18.2 Å². The van der Waals surface area contributed by atoms with Crippen molar-refractivity contribution in [2.24, 2.45) is 0 Å². The molecule has 2 rings (SSSR count). The summed E-state index contributed by atoms with van der Waals surface area (Å²) in [6.45, 7) is 8.14. The zero-order valence-corrected chi connectivity index (χ0v) is 14.4. The summed E-state index contributed by atoms with van der Waals surface area (Å²) in [4.78, 5) is 26.6. The first-order chi connectivity index (χ1) is 11.0. The molecule has 0 aliphatic carbocycles. The normalized spacial score (nSPS) is 18.2. The number of unbranched alkanes of at least 4 members (excludes halogenated alkanes) is 1. The molecule has 5 heteroatoms. The number of rotatable bonds is 6. The standard InChI is InChI=1S/C18H26N2O3/c1-5-7-10-23-18(22)13(4)20-16-9-8-12(3)11-15(16)19-14(6-2)17(20)21/h8-9,11,13-14,19H,5-7,10H2,1-4H3. The van der Waals surface area contributed by atoms with Crippen LogP contribution in [0.5, 0.6) is 0 Å². The van der Waals surface area contributed by atoms with E-state index in [-0.39, 0.29) is 17.9 Å². The van der Waals surface area contributed by atoms with E-state index in [9.17, 15) is 9.59 Å². The fourth-order valence-electron chi connectivity index (χ4n) is 2.73. The van der Waals surface area contributed by atoms with Crippen molar-refractivity contribution in [3.63, 3.8) is 0 Å². The van der Waals surface area contributed by atoms with Crippen LogP contribution in [0, 0.1) is 6.92 Å². The number of benzene rings is 1. The van der Waals surface area contributed by atoms with Gasteiger partial charge in [-0.2, -0.15) is 0 Å². The summed E-state index contributed by atoms with van der Waals surface area (Å²) in [6, 6.07) is 4.90. The summed E-state index contributed by atoms with van der Waals surface area (Å²) in [7, 11) is 0. The predicted molar refractivity (Wildman–Crippen MR) is 91.7 cm³/mol. The highest BCUT2D eigenvalue weighted by Gasteiger charge is 2.37. The van der Waals surface area contributed by atoms with E-state index in [0.29, 0.717) is 13.0 Å². The van der Waals surface area contributed by atoms with E-state index in [4.69, 9.17) is 4.74 Å². The maximum Gasteiger partial charge on any atom is 0.328 e. The lowest BCUT2D eigenvalue weighted by Gasteiger charge is -2.37. The van der Waals surface area contributed by atoms with Gasteiger partial charge in [-0.15, -0.1) is 0 Å². The predicted octanol–water partition coefficient (Wildman–Crippen LogP) is 3.26. The first kappa shape index (κ1) is 17.3. The second kappa shape index (κ2) is 7.49. The summed E-state index contributed by atoms with van der Waals surface area (Å²) >= 11 is 0. The van der Waals surface area contributed by atoms with Crippen molar-refractivity contribution in [1.29, 1.82) is 0 Å². The number of fused-ring (bicyclic) bond motifs is 1. The Morgan fingerprint density at radius 3 is 2.78 bits per heavy atom. The quantitative estimate of drug-likeness (QED) is 0.646. The molecule has 0 fully saturated rings. The van der Waals surface area contributed by atoms with Gasteiger partial charge in [0.2, 0.25) is 5.91 Å². The number of amides is 1. The van der Waals surface area contributed by atoms with Gasteiger partial charge in [-0.1, -0.05) is 26.3 Å². The molecule has 0 radical (unpaired) electrons. The monoisotopic (exact) mass is 318 g/mol. The van der Waals surface area contributed by atoms with Crippen LogP contribution >= 0.6 is 0 Å². The highest BCUT2D eigenvalue weighted by Crippen LogP contribution is 2.34. The molecule has 2 atom stereocenters. The van der Waals surface area contributed by atoms with Gasteiger partial charge >= 0.3 is 5.97 Å². The average molecular weight is 318 g/mol. The van der Waals surface area contributed by atoms with Crippen molar-refractivity contribution in [3.8, 4) is 0 Å². The minimum Gasteiger partial charge on any atom is -0.464 e. The van der Waals surface area contributed by atoms with E-state index in [1.54, 1.807) is 11.8 Å². The summed E-state index contributed by atoms with van der Waals surface area (Å²) in [6.07, 6.45) is 2.47. The molecule has 0 aromatic heterocycles. The molecule has 1 aromatic rings. The molecule has 1 heterocycles. The van der Waals surface area contributed by atoms with Gasteiger partial charge in [0.05, 0.1) is 18.0 Å². The van der Waals surface area contributed by atoms with Crippen LogP contribution in [-0.4, -0.2) is 30.6 Å². The number of aryl methyl sites for hydroxylation is 1. The topological polar surface area (TPSA) is 58.6 Å². The molecule has 1 aliphatic heterocycles. The van der Waals surface area contributed by atoms with Crippen molar-refractivity contribution in [2.45, 2.75) is 59.0 Å². The van der Waals surface area contributed by atoms with E-state index >= 15 is 0 Å². The maximum absolute atomic E-state index is 12.7. The third-order valence-electron chi connectivity index (χ3n) is 4.16. The number of esters is 1. The lowest BCUT2D eigenvalue weighted by Crippen LogP contribution is -2.53. The lowest BCUT2D eigenvalue weighted by atomic mass is 10.0. The van der Waals surface area contributed by atoms with Gasteiger partial charge in [0.15, 0.2) is 0 Å². The molecular formula is C18H26N2O3. The Kier molecular flexibility index (Phi) is 5.64. The molecule has 0 bridgehead atoms. The first-order valence-corrected chi connectivity index (χ1v) is 8.36.